The molecule has 0 unspecified atom stereocenters. The molecule has 1 N–H and O–H groups in total. The van der Waals surface area contributed by atoms with Gasteiger partial charge in [-0.2, -0.15) is 0 Å². The molecule has 0 saturated carbocycles. The van der Waals surface area contributed by atoms with Crippen molar-refractivity contribution in [2.24, 2.45) is 0 Å². The SMILES string of the molecule is CN(CCC1OCCCO1)C1CCNCC1. The van der Waals surface area contributed by atoms with E-state index < -0.39 is 0 Å². The second kappa shape index (κ2) is 6.55. The molecule has 0 aromatic carbocycles. The van der Waals surface area contributed by atoms with Gasteiger partial charge in [0.2, 0.25) is 0 Å². The van der Waals surface area contributed by atoms with Crippen LogP contribution in [0.15, 0.2) is 0 Å². The standard InChI is InChI=1S/C12H24N2O2/c1-14(11-3-6-13-7-4-11)8-5-12-15-9-2-10-16-12/h11-13H,2-10H2,1H3. The lowest BCUT2D eigenvalue weighted by atomic mass is 10.1. The summed E-state index contributed by atoms with van der Waals surface area (Å²) in [6.45, 7) is 5.12. The second-order valence-electron chi connectivity index (χ2n) is 4.78. The van der Waals surface area contributed by atoms with Crippen LogP contribution in [0.2, 0.25) is 0 Å². The van der Waals surface area contributed by atoms with Gasteiger partial charge < -0.3 is 19.7 Å². The largest absolute Gasteiger partial charge is 0.353 e. The van der Waals surface area contributed by atoms with E-state index >= 15 is 0 Å². The molecule has 16 heavy (non-hydrogen) atoms. The topological polar surface area (TPSA) is 33.7 Å². The molecule has 0 radical (unpaired) electrons. The summed E-state index contributed by atoms with van der Waals surface area (Å²) >= 11 is 0. The fourth-order valence-electron chi connectivity index (χ4n) is 2.44. The summed E-state index contributed by atoms with van der Waals surface area (Å²) in [6.07, 6.45) is 4.62. The Morgan fingerprint density at radius 2 is 1.88 bits per heavy atom. The number of hydrogen-bond acceptors (Lipinski definition) is 4. The first-order valence-corrected chi connectivity index (χ1v) is 6.50. The predicted molar refractivity (Wildman–Crippen MR) is 63.4 cm³/mol. The van der Waals surface area contributed by atoms with Gasteiger partial charge in [0.25, 0.3) is 0 Å². The lowest BCUT2D eigenvalue weighted by Crippen LogP contribution is -2.42. The van der Waals surface area contributed by atoms with Crippen LogP contribution < -0.4 is 5.32 Å². The Morgan fingerprint density at radius 1 is 1.19 bits per heavy atom. The van der Waals surface area contributed by atoms with Crippen LogP contribution in [0.3, 0.4) is 0 Å². The lowest BCUT2D eigenvalue weighted by Gasteiger charge is -2.33. The third kappa shape index (κ3) is 3.70. The Kier molecular flexibility index (Phi) is 5.03. The van der Waals surface area contributed by atoms with Crippen molar-refractivity contribution in [3.8, 4) is 0 Å². The first kappa shape index (κ1) is 12.3. The minimum Gasteiger partial charge on any atom is -0.353 e. The van der Waals surface area contributed by atoms with Crippen LogP contribution in [0, 0.1) is 0 Å². The summed E-state index contributed by atoms with van der Waals surface area (Å²) in [6, 6.07) is 0.741. The van der Waals surface area contributed by atoms with Crippen LogP contribution in [0.5, 0.6) is 0 Å². The quantitative estimate of drug-likeness (QED) is 0.772. The average molecular weight is 228 g/mol. The third-order valence-corrected chi connectivity index (χ3v) is 3.55. The summed E-state index contributed by atoms with van der Waals surface area (Å²) in [7, 11) is 2.22. The highest BCUT2D eigenvalue weighted by atomic mass is 16.7. The number of nitrogens with zero attached hydrogens (tertiary/aromatic N) is 1. The fourth-order valence-corrected chi connectivity index (χ4v) is 2.44. The zero-order chi connectivity index (χ0) is 11.2. The monoisotopic (exact) mass is 228 g/mol. The molecular formula is C12H24N2O2. The maximum atomic E-state index is 5.55. The van der Waals surface area contributed by atoms with Crippen LogP contribution in [0.1, 0.15) is 25.7 Å². The number of rotatable bonds is 4. The highest BCUT2D eigenvalue weighted by Crippen LogP contribution is 2.13. The van der Waals surface area contributed by atoms with E-state index in [-0.39, 0.29) is 6.29 Å². The minimum atomic E-state index is 0.0397. The molecule has 0 aliphatic carbocycles. The zero-order valence-electron chi connectivity index (χ0n) is 10.3. The van der Waals surface area contributed by atoms with Crippen LogP contribution in [-0.2, 0) is 9.47 Å². The van der Waals surface area contributed by atoms with Crippen molar-refractivity contribution < 1.29 is 9.47 Å². The van der Waals surface area contributed by atoms with Gasteiger partial charge in [0.15, 0.2) is 6.29 Å². The van der Waals surface area contributed by atoms with Crippen LogP contribution in [0.4, 0.5) is 0 Å². The molecule has 2 fully saturated rings. The van der Waals surface area contributed by atoms with Gasteiger partial charge in [-0.1, -0.05) is 0 Å². The van der Waals surface area contributed by atoms with E-state index in [0.717, 1.165) is 51.7 Å². The van der Waals surface area contributed by atoms with Crippen molar-refractivity contribution >= 4 is 0 Å². The van der Waals surface area contributed by atoms with E-state index in [1.54, 1.807) is 0 Å². The number of hydrogen-bond donors (Lipinski definition) is 1. The number of ether oxygens (including phenoxy) is 2. The maximum Gasteiger partial charge on any atom is 0.158 e. The van der Waals surface area contributed by atoms with Gasteiger partial charge in [-0.15, -0.1) is 0 Å². The summed E-state index contributed by atoms with van der Waals surface area (Å²) < 4.78 is 11.1. The van der Waals surface area contributed by atoms with E-state index in [2.05, 4.69) is 17.3 Å². The van der Waals surface area contributed by atoms with E-state index in [1.165, 1.54) is 12.8 Å². The van der Waals surface area contributed by atoms with E-state index in [9.17, 15) is 0 Å². The molecule has 2 rings (SSSR count). The lowest BCUT2D eigenvalue weighted by molar-refractivity contribution is -0.182. The molecule has 2 heterocycles. The molecule has 0 bridgehead atoms. The van der Waals surface area contributed by atoms with Gasteiger partial charge >= 0.3 is 0 Å². The Labute approximate surface area is 98.3 Å². The molecule has 4 heteroatoms. The fraction of sp³-hybridized carbons (Fsp3) is 1.00. The Hall–Kier alpha value is -0.160. The van der Waals surface area contributed by atoms with Gasteiger partial charge in [-0.25, -0.2) is 0 Å². The molecule has 0 aromatic rings. The summed E-state index contributed by atoms with van der Waals surface area (Å²) in [5.74, 6) is 0. The van der Waals surface area contributed by atoms with Crippen molar-refractivity contribution in [2.45, 2.75) is 38.0 Å². The Balaban J connectivity index is 1.63. The normalized spacial score (nSPS) is 25.1. The molecule has 2 aliphatic rings. The molecule has 0 atom stereocenters. The molecule has 0 aromatic heterocycles. The Bertz CT molecular complexity index is 189. The number of piperidine rings is 1. The van der Waals surface area contributed by atoms with Gasteiger partial charge in [-0.3, -0.25) is 0 Å². The second-order valence-corrected chi connectivity index (χ2v) is 4.78. The first-order valence-electron chi connectivity index (χ1n) is 6.50. The van der Waals surface area contributed by atoms with E-state index in [4.69, 9.17) is 9.47 Å². The van der Waals surface area contributed by atoms with E-state index in [1.807, 2.05) is 0 Å². The van der Waals surface area contributed by atoms with Crippen molar-refractivity contribution in [3.63, 3.8) is 0 Å². The van der Waals surface area contributed by atoms with Gasteiger partial charge in [-0.05, 0) is 39.4 Å². The molecule has 2 saturated heterocycles. The van der Waals surface area contributed by atoms with Crippen molar-refractivity contribution in [2.75, 3.05) is 39.9 Å². The number of nitrogens with one attached hydrogen (secondary N) is 1. The summed E-state index contributed by atoms with van der Waals surface area (Å²) in [5.41, 5.74) is 0. The van der Waals surface area contributed by atoms with Gasteiger partial charge in [0.05, 0.1) is 13.2 Å². The van der Waals surface area contributed by atoms with Crippen LogP contribution in [-0.4, -0.2) is 57.1 Å². The molecule has 4 nitrogen and oxygen atoms in total. The molecule has 0 spiro atoms. The van der Waals surface area contributed by atoms with Crippen molar-refractivity contribution in [1.29, 1.82) is 0 Å². The molecular weight excluding hydrogens is 204 g/mol. The maximum absolute atomic E-state index is 5.55. The minimum absolute atomic E-state index is 0.0397. The van der Waals surface area contributed by atoms with Gasteiger partial charge in [0.1, 0.15) is 0 Å². The summed E-state index contributed by atoms with van der Waals surface area (Å²) in [4.78, 5) is 2.46. The summed E-state index contributed by atoms with van der Waals surface area (Å²) in [5, 5.41) is 3.40. The van der Waals surface area contributed by atoms with Crippen LogP contribution in [0.25, 0.3) is 0 Å². The zero-order valence-corrected chi connectivity index (χ0v) is 10.3. The molecule has 94 valence electrons. The predicted octanol–water partition coefficient (Wildman–Crippen LogP) is 0.823. The molecule has 2 aliphatic heterocycles. The average Bonchev–Trinajstić information content (AvgIpc) is 2.38. The first-order chi connectivity index (χ1) is 7.86. The van der Waals surface area contributed by atoms with Crippen LogP contribution >= 0.6 is 0 Å². The highest BCUT2D eigenvalue weighted by Gasteiger charge is 2.20. The van der Waals surface area contributed by atoms with E-state index in [0.29, 0.717) is 0 Å². The third-order valence-electron chi connectivity index (χ3n) is 3.55. The Morgan fingerprint density at radius 3 is 2.56 bits per heavy atom. The van der Waals surface area contributed by atoms with Crippen molar-refractivity contribution in [1.82, 2.24) is 10.2 Å². The highest BCUT2D eigenvalue weighted by molar-refractivity contribution is 4.75. The molecule has 0 amide bonds. The smallest absolute Gasteiger partial charge is 0.158 e. The van der Waals surface area contributed by atoms with Gasteiger partial charge in [0, 0.05) is 19.0 Å². The van der Waals surface area contributed by atoms with Crippen molar-refractivity contribution in [3.05, 3.63) is 0 Å².